The molecule has 2 aromatic carbocycles. The predicted molar refractivity (Wildman–Crippen MR) is 108 cm³/mol. The zero-order chi connectivity index (χ0) is 19.5. The van der Waals surface area contributed by atoms with Crippen molar-refractivity contribution in [3.8, 4) is 0 Å². The van der Waals surface area contributed by atoms with Crippen LogP contribution in [0.5, 0.6) is 0 Å². The van der Waals surface area contributed by atoms with Gasteiger partial charge in [0.2, 0.25) is 5.91 Å². The number of para-hydroxylation sites is 3. The van der Waals surface area contributed by atoms with Crippen LogP contribution in [0.3, 0.4) is 0 Å². The van der Waals surface area contributed by atoms with Gasteiger partial charge >= 0.3 is 0 Å². The number of aromatic nitrogens is 4. The quantitative estimate of drug-likeness (QED) is 0.542. The van der Waals surface area contributed by atoms with Crippen LogP contribution < -0.4 is 5.56 Å². The van der Waals surface area contributed by atoms with E-state index in [-0.39, 0.29) is 18.0 Å². The third kappa shape index (κ3) is 3.64. The molecule has 0 spiro atoms. The summed E-state index contributed by atoms with van der Waals surface area (Å²) in [5.41, 5.74) is 2.31. The topological polar surface area (TPSA) is 94.7 Å². The number of nitrogens with zero attached hydrogens (tertiary/aromatic N) is 3. The van der Waals surface area contributed by atoms with E-state index < -0.39 is 0 Å². The Balaban J connectivity index is 1.46. The fraction of sp³-hybridized carbons (Fsp3) is 0.238. The number of aromatic amines is 2. The van der Waals surface area contributed by atoms with E-state index in [9.17, 15) is 9.59 Å². The third-order valence-corrected chi connectivity index (χ3v) is 4.75. The number of nitrogens with one attached hydrogen (secondary N) is 2. The Morgan fingerprint density at radius 2 is 1.68 bits per heavy atom. The molecule has 0 radical (unpaired) electrons. The maximum Gasteiger partial charge on any atom is 0.258 e. The lowest BCUT2D eigenvalue weighted by molar-refractivity contribution is -0.131. The zero-order valence-corrected chi connectivity index (χ0v) is 15.6. The number of fused-ring (bicyclic) bond motifs is 2. The first-order chi connectivity index (χ1) is 13.6. The molecule has 0 unspecified atom stereocenters. The highest BCUT2D eigenvalue weighted by atomic mass is 16.2. The van der Waals surface area contributed by atoms with Crippen LogP contribution in [0.1, 0.15) is 25.0 Å². The lowest BCUT2D eigenvalue weighted by atomic mass is 10.2. The van der Waals surface area contributed by atoms with Crippen LogP contribution in [0.2, 0.25) is 0 Å². The Morgan fingerprint density at radius 1 is 0.964 bits per heavy atom. The predicted octanol–water partition coefficient (Wildman–Crippen LogP) is 2.78. The number of aryl methyl sites for hydroxylation is 1. The number of rotatable bonds is 6. The Kier molecular flexibility index (Phi) is 4.89. The van der Waals surface area contributed by atoms with Gasteiger partial charge in [0, 0.05) is 19.4 Å². The molecule has 0 saturated heterocycles. The van der Waals surface area contributed by atoms with Crippen LogP contribution in [-0.2, 0) is 17.8 Å². The molecule has 7 nitrogen and oxygen atoms in total. The highest BCUT2D eigenvalue weighted by molar-refractivity contribution is 5.78. The summed E-state index contributed by atoms with van der Waals surface area (Å²) in [5.74, 6) is 1.28. The smallest absolute Gasteiger partial charge is 0.258 e. The second-order valence-corrected chi connectivity index (χ2v) is 6.64. The van der Waals surface area contributed by atoms with Crippen molar-refractivity contribution >= 4 is 27.8 Å². The van der Waals surface area contributed by atoms with Gasteiger partial charge in [0.1, 0.15) is 11.6 Å². The van der Waals surface area contributed by atoms with Gasteiger partial charge in [0.25, 0.3) is 5.56 Å². The molecule has 4 aromatic rings. The number of carbonyl (C=O) groups excluding carboxylic acids is 1. The van der Waals surface area contributed by atoms with E-state index in [1.807, 2.05) is 37.3 Å². The lowest BCUT2D eigenvalue weighted by Crippen LogP contribution is -2.32. The summed E-state index contributed by atoms with van der Waals surface area (Å²) in [6.45, 7) is 2.73. The molecule has 2 N–H and O–H groups in total. The number of hydrogen-bond donors (Lipinski definition) is 2. The van der Waals surface area contributed by atoms with Gasteiger partial charge in [-0.25, -0.2) is 9.97 Å². The minimum Gasteiger partial charge on any atom is -0.342 e. The van der Waals surface area contributed by atoms with Crippen molar-refractivity contribution in [3.05, 3.63) is 70.5 Å². The molecule has 0 aliphatic rings. The van der Waals surface area contributed by atoms with E-state index in [0.29, 0.717) is 36.1 Å². The minimum absolute atomic E-state index is 0.00114. The Labute approximate surface area is 161 Å². The number of imidazole rings is 1. The summed E-state index contributed by atoms with van der Waals surface area (Å²) in [7, 11) is 0. The number of carbonyl (C=O) groups is 1. The second-order valence-electron chi connectivity index (χ2n) is 6.64. The molecular formula is C21H21N5O2. The summed E-state index contributed by atoms with van der Waals surface area (Å²) in [6, 6.07) is 15.0. The minimum atomic E-state index is -0.189. The molecule has 0 bridgehead atoms. The van der Waals surface area contributed by atoms with Gasteiger partial charge in [-0.3, -0.25) is 9.59 Å². The van der Waals surface area contributed by atoms with Gasteiger partial charge < -0.3 is 14.9 Å². The molecule has 4 rings (SSSR count). The molecule has 7 heteroatoms. The number of hydrogen-bond acceptors (Lipinski definition) is 4. The maximum absolute atomic E-state index is 12.7. The molecule has 0 fully saturated rings. The fourth-order valence-corrected chi connectivity index (χ4v) is 3.27. The van der Waals surface area contributed by atoms with E-state index in [4.69, 9.17) is 0 Å². The van der Waals surface area contributed by atoms with E-state index in [0.717, 1.165) is 16.9 Å². The van der Waals surface area contributed by atoms with Crippen molar-refractivity contribution in [1.29, 1.82) is 0 Å². The first-order valence-electron chi connectivity index (χ1n) is 9.33. The van der Waals surface area contributed by atoms with Crippen LogP contribution in [0.15, 0.2) is 53.3 Å². The van der Waals surface area contributed by atoms with Crippen LogP contribution in [-0.4, -0.2) is 37.3 Å². The van der Waals surface area contributed by atoms with Gasteiger partial charge in [-0.1, -0.05) is 24.3 Å². The summed E-state index contributed by atoms with van der Waals surface area (Å²) in [4.78, 5) is 41.6. The molecule has 2 aromatic heterocycles. The summed E-state index contributed by atoms with van der Waals surface area (Å²) < 4.78 is 0. The van der Waals surface area contributed by atoms with Crippen molar-refractivity contribution in [2.45, 2.75) is 26.3 Å². The van der Waals surface area contributed by atoms with Crippen molar-refractivity contribution in [1.82, 2.24) is 24.8 Å². The van der Waals surface area contributed by atoms with Crippen molar-refractivity contribution < 1.29 is 4.79 Å². The Bertz CT molecular complexity index is 1160. The molecule has 142 valence electrons. The molecule has 2 heterocycles. The fourth-order valence-electron chi connectivity index (χ4n) is 3.27. The van der Waals surface area contributed by atoms with E-state index in [2.05, 4.69) is 19.9 Å². The van der Waals surface area contributed by atoms with Gasteiger partial charge in [0.05, 0.1) is 28.5 Å². The first kappa shape index (κ1) is 17.9. The monoisotopic (exact) mass is 375 g/mol. The molecule has 28 heavy (non-hydrogen) atoms. The number of H-pyrrole nitrogens is 2. The summed E-state index contributed by atoms with van der Waals surface area (Å²) in [5, 5.41) is 0.547. The second kappa shape index (κ2) is 7.64. The van der Waals surface area contributed by atoms with E-state index in [1.54, 1.807) is 23.1 Å². The number of amides is 1. The first-order valence-corrected chi connectivity index (χ1v) is 9.33. The molecule has 0 atom stereocenters. The van der Waals surface area contributed by atoms with Crippen molar-refractivity contribution in [2.75, 3.05) is 6.54 Å². The van der Waals surface area contributed by atoms with Crippen molar-refractivity contribution in [2.24, 2.45) is 0 Å². The van der Waals surface area contributed by atoms with Gasteiger partial charge in [-0.2, -0.15) is 0 Å². The zero-order valence-electron chi connectivity index (χ0n) is 15.6. The highest BCUT2D eigenvalue weighted by Gasteiger charge is 2.15. The van der Waals surface area contributed by atoms with Crippen LogP contribution >= 0.6 is 0 Å². The lowest BCUT2D eigenvalue weighted by Gasteiger charge is -2.20. The van der Waals surface area contributed by atoms with Gasteiger partial charge in [-0.15, -0.1) is 0 Å². The molecular weight excluding hydrogens is 354 g/mol. The summed E-state index contributed by atoms with van der Waals surface area (Å²) in [6.07, 6.45) is 0.872. The van der Waals surface area contributed by atoms with E-state index in [1.165, 1.54) is 0 Å². The highest BCUT2D eigenvalue weighted by Crippen LogP contribution is 2.13. The normalized spacial score (nSPS) is 11.2. The largest absolute Gasteiger partial charge is 0.342 e. The number of benzene rings is 2. The van der Waals surface area contributed by atoms with Crippen LogP contribution in [0.25, 0.3) is 21.9 Å². The standard InChI is InChI=1S/C21H21N5O2/c1-2-26(13-19-22-15-8-4-3-7-14(15)21(28)25-19)20(27)12-11-18-23-16-9-5-6-10-17(16)24-18/h3-10H,2,11-13H2,1H3,(H,23,24)(H,22,25,28). The van der Waals surface area contributed by atoms with Crippen LogP contribution in [0, 0.1) is 0 Å². The average Bonchev–Trinajstić information content (AvgIpc) is 3.13. The SMILES string of the molecule is CCN(Cc1nc2ccccc2c(=O)[nH]1)C(=O)CCc1nc2ccccc2[nH]1. The van der Waals surface area contributed by atoms with Crippen molar-refractivity contribution in [3.63, 3.8) is 0 Å². The molecule has 0 aliphatic heterocycles. The van der Waals surface area contributed by atoms with Gasteiger partial charge in [-0.05, 0) is 31.2 Å². The Hall–Kier alpha value is -3.48. The summed E-state index contributed by atoms with van der Waals surface area (Å²) >= 11 is 0. The molecule has 1 amide bonds. The van der Waals surface area contributed by atoms with E-state index >= 15 is 0 Å². The van der Waals surface area contributed by atoms with Crippen LogP contribution in [0.4, 0.5) is 0 Å². The molecule has 0 aliphatic carbocycles. The van der Waals surface area contributed by atoms with Gasteiger partial charge in [0.15, 0.2) is 0 Å². The maximum atomic E-state index is 12.7. The third-order valence-electron chi connectivity index (χ3n) is 4.75. The molecule has 0 saturated carbocycles. The average molecular weight is 375 g/mol. The Morgan fingerprint density at radius 3 is 2.46 bits per heavy atom.